The van der Waals surface area contributed by atoms with Crippen LogP contribution in [0.2, 0.25) is 10.0 Å². The summed E-state index contributed by atoms with van der Waals surface area (Å²) in [4.78, 5) is 36.2. The third-order valence-electron chi connectivity index (χ3n) is 4.11. The monoisotopic (exact) mass is 421 g/mol. The highest BCUT2D eigenvalue weighted by Crippen LogP contribution is 2.25. The highest BCUT2D eigenvalue weighted by Gasteiger charge is 2.26. The van der Waals surface area contributed by atoms with Crippen molar-refractivity contribution in [1.29, 1.82) is 0 Å². The average Bonchev–Trinajstić information content (AvgIpc) is 2.63. The van der Waals surface area contributed by atoms with Crippen LogP contribution in [0.1, 0.15) is 18.1 Å². The Morgan fingerprint density at radius 3 is 2.04 bits per heavy atom. The normalized spacial score (nSPS) is 12.7. The maximum absolute atomic E-state index is 12.8. The lowest BCUT2D eigenvalue weighted by molar-refractivity contribution is -0.130. The smallest absolute Gasteiger partial charge is 0.243 e. The van der Waals surface area contributed by atoms with Crippen LogP contribution < -0.4 is 16.4 Å². The number of rotatable bonds is 8. The summed E-state index contributed by atoms with van der Waals surface area (Å²) in [5, 5.41) is 5.95. The van der Waals surface area contributed by atoms with Gasteiger partial charge in [0.05, 0.1) is 0 Å². The van der Waals surface area contributed by atoms with Gasteiger partial charge in [-0.25, -0.2) is 0 Å². The maximum Gasteiger partial charge on any atom is 0.243 e. The van der Waals surface area contributed by atoms with E-state index in [-0.39, 0.29) is 18.7 Å². The molecule has 2 aromatic carbocycles. The highest BCUT2D eigenvalue weighted by atomic mass is 35.5. The van der Waals surface area contributed by atoms with Crippen molar-refractivity contribution in [3.05, 3.63) is 69.7 Å². The zero-order valence-electron chi connectivity index (χ0n) is 15.2. The number of halogens is 2. The summed E-state index contributed by atoms with van der Waals surface area (Å²) < 4.78 is 0. The Kier molecular flexibility index (Phi) is 7.84. The molecule has 4 N–H and O–H groups in total. The number of carbonyl (C=O) groups excluding carboxylic acids is 3. The van der Waals surface area contributed by atoms with E-state index < -0.39 is 23.9 Å². The van der Waals surface area contributed by atoms with Gasteiger partial charge in [-0.1, -0.05) is 59.6 Å². The molecular formula is C20H21Cl2N3O3. The SMILES string of the molecule is CC(=O)N[C@@H](Cc1ccccc1)C(=O)N[C@@H](Cc1c(Cl)cccc1Cl)C(N)=O. The summed E-state index contributed by atoms with van der Waals surface area (Å²) in [6.45, 7) is 1.32. The Bertz CT molecular complexity index is 839. The van der Waals surface area contributed by atoms with Gasteiger partial charge >= 0.3 is 0 Å². The predicted octanol–water partition coefficient (Wildman–Crippen LogP) is 2.25. The first kappa shape index (κ1) is 21.7. The largest absolute Gasteiger partial charge is 0.368 e. The fourth-order valence-electron chi connectivity index (χ4n) is 2.73. The van der Waals surface area contributed by atoms with Crippen molar-refractivity contribution >= 4 is 40.9 Å². The fraction of sp³-hybridized carbons (Fsp3) is 0.250. The van der Waals surface area contributed by atoms with Crippen molar-refractivity contribution in [3.8, 4) is 0 Å². The molecule has 0 radical (unpaired) electrons. The maximum atomic E-state index is 12.8. The van der Waals surface area contributed by atoms with E-state index >= 15 is 0 Å². The van der Waals surface area contributed by atoms with Gasteiger partial charge in [0.2, 0.25) is 17.7 Å². The van der Waals surface area contributed by atoms with E-state index in [1.54, 1.807) is 18.2 Å². The van der Waals surface area contributed by atoms with Gasteiger partial charge < -0.3 is 16.4 Å². The first-order valence-corrected chi connectivity index (χ1v) is 9.37. The molecule has 0 aromatic heterocycles. The van der Waals surface area contributed by atoms with Crippen LogP contribution in [0.15, 0.2) is 48.5 Å². The van der Waals surface area contributed by atoms with Gasteiger partial charge in [-0.2, -0.15) is 0 Å². The number of hydrogen-bond donors (Lipinski definition) is 3. The summed E-state index contributed by atoms with van der Waals surface area (Å²) in [6.07, 6.45) is 0.308. The third kappa shape index (κ3) is 6.25. The number of nitrogens with one attached hydrogen (secondary N) is 2. The second-order valence-electron chi connectivity index (χ2n) is 6.31. The summed E-state index contributed by atoms with van der Waals surface area (Å²) in [6, 6.07) is 12.3. The molecule has 0 bridgehead atoms. The quantitative estimate of drug-likeness (QED) is 0.608. The van der Waals surface area contributed by atoms with Gasteiger partial charge in [-0.05, 0) is 23.3 Å². The number of benzene rings is 2. The zero-order valence-corrected chi connectivity index (χ0v) is 16.8. The van der Waals surface area contributed by atoms with Gasteiger partial charge in [0.1, 0.15) is 12.1 Å². The predicted molar refractivity (Wildman–Crippen MR) is 109 cm³/mol. The van der Waals surface area contributed by atoms with Gasteiger partial charge in [0, 0.05) is 29.8 Å². The van der Waals surface area contributed by atoms with Crippen LogP contribution in [0.3, 0.4) is 0 Å². The van der Waals surface area contributed by atoms with Gasteiger partial charge in [-0.3, -0.25) is 14.4 Å². The molecule has 0 saturated carbocycles. The number of primary amides is 1. The molecule has 0 fully saturated rings. The van der Waals surface area contributed by atoms with E-state index in [9.17, 15) is 14.4 Å². The van der Waals surface area contributed by atoms with Crippen LogP contribution in [-0.4, -0.2) is 29.8 Å². The van der Waals surface area contributed by atoms with Crippen LogP contribution in [0.4, 0.5) is 0 Å². The van der Waals surface area contributed by atoms with Crippen molar-refractivity contribution in [2.45, 2.75) is 31.8 Å². The van der Waals surface area contributed by atoms with Gasteiger partial charge in [0.25, 0.3) is 0 Å². The summed E-state index contributed by atoms with van der Waals surface area (Å²) in [5.41, 5.74) is 6.83. The molecule has 2 atom stereocenters. The molecular weight excluding hydrogens is 401 g/mol. The van der Waals surface area contributed by atoms with Crippen molar-refractivity contribution in [2.24, 2.45) is 5.73 Å². The molecule has 28 heavy (non-hydrogen) atoms. The first-order chi connectivity index (χ1) is 13.3. The molecule has 0 aliphatic heterocycles. The standard InChI is InChI=1S/C20H21Cl2N3O3/c1-12(26)24-18(10-13-6-3-2-4-7-13)20(28)25-17(19(23)27)11-14-15(21)8-5-9-16(14)22/h2-9,17-18H,10-11H2,1H3,(H2,23,27)(H,24,26)(H,25,28)/t17-,18-/m0/s1. The van der Waals surface area contributed by atoms with E-state index in [2.05, 4.69) is 10.6 Å². The summed E-state index contributed by atoms with van der Waals surface area (Å²) in [5.74, 6) is -1.61. The number of nitrogens with two attached hydrogens (primary N) is 1. The lowest BCUT2D eigenvalue weighted by Gasteiger charge is -2.22. The Balaban J connectivity index is 2.17. The Morgan fingerprint density at radius 2 is 1.50 bits per heavy atom. The van der Waals surface area contributed by atoms with Crippen LogP contribution in [-0.2, 0) is 27.2 Å². The van der Waals surface area contributed by atoms with Crippen molar-refractivity contribution in [2.75, 3.05) is 0 Å². The molecule has 0 saturated heterocycles. The van der Waals surface area contributed by atoms with Gasteiger partial charge in [-0.15, -0.1) is 0 Å². The number of hydrogen-bond acceptors (Lipinski definition) is 3. The first-order valence-electron chi connectivity index (χ1n) is 8.61. The second-order valence-corrected chi connectivity index (χ2v) is 7.13. The Hall–Kier alpha value is -2.57. The van der Waals surface area contributed by atoms with E-state index in [4.69, 9.17) is 28.9 Å². The molecule has 2 rings (SSSR count). The molecule has 8 heteroatoms. The van der Waals surface area contributed by atoms with E-state index in [1.807, 2.05) is 30.3 Å². The van der Waals surface area contributed by atoms with E-state index in [1.165, 1.54) is 6.92 Å². The fourth-order valence-corrected chi connectivity index (χ4v) is 3.28. The summed E-state index contributed by atoms with van der Waals surface area (Å²) >= 11 is 12.3. The zero-order chi connectivity index (χ0) is 20.7. The van der Waals surface area contributed by atoms with Crippen molar-refractivity contribution < 1.29 is 14.4 Å². The molecule has 0 heterocycles. The van der Waals surface area contributed by atoms with Crippen molar-refractivity contribution in [3.63, 3.8) is 0 Å². The Morgan fingerprint density at radius 1 is 0.893 bits per heavy atom. The van der Waals surface area contributed by atoms with Crippen LogP contribution in [0, 0.1) is 0 Å². The molecule has 6 nitrogen and oxygen atoms in total. The Labute approximate surface area is 173 Å². The number of amides is 3. The van der Waals surface area contributed by atoms with Crippen LogP contribution in [0.25, 0.3) is 0 Å². The molecule has 0 aliphatic carbocycles. The van der Waals surface area contributed by atoms with Crippen LogP contribution >= 0.6 is 23.2 Å². The summed E-state index contributed by atoms with van der Waals surface area (Å²) in [7, 11) is 0. The van der Waals surface area contributed by atoms with Crippen LogP contribution in [0.5, 0.6) is 0 Å². The topological polar surface area (TPSA) is 101 Å². The second kappa shape index (κ2) is 10.1. The van der Waals surface area contributed by atoms with Gasteiger partial charge in [0.15, 0.2) is 0 Å². The minimum absolute atomic E-state index is 0.0394. The number of carbonyl (C=O) groups is 3. The highest BCUT2D eigenvalue weighted by molar-refractivity contribution is 6.36. The lowest BCUT2D eigenvalue weighted by atomic mass is 10.0. The van der Waals surface area contributed by atoms with E-state index in [0.29, 0.717) is 15.6 Å². The average molecular weight is 422 g/mol. The minimum Gasteiger partial charge on any atom is -0.368 e. The van der Waals surface area contributed by atoms with E-state index in [0.717, 1.165) is 5.56 Å². The molecule has 0 aliphatic rings. The molecule has 0 spiro atoms. The lowest BCUT2D eigenvalue weighted by Crippen LogP contribution is -2.54. The minimum atomic E-state index is -1.03. The molecule has 0 unspecified atom stereocenters. The molecule has 2 aromatic rings. The molecule has 3 amide bonds. The van der Waals surface area contributed by atoms with Crippen molar-refractivity contribution in [1.82, 2.24) is 10.6 Å². The third-order valence-corrected chi connectivity index (χ3v) is 4.81. The molecule has 148 valence electrons.